The van der Waals surface area contributed by atoms with Crippen molar-refractivity contribution in [3.63, 3.8) is 0 Å². The topological polar surface area (TPSA) is 124 Å². The standard InChI is InChI=1S/C10H12N6O3/c1-3-19-9(18)6-5-4-13-7(8(17)12-2)15-16(5)10(11)14-6/h4H,3H2,1-2H3,(H2,11,14)(H,12,17). The molecule has 0 aliphatic heterocycles. The number of imidazole rings is 1. The lowest BCUT2D eigenvalue weighted by Gasteiger charge is -2.00. The van der Waals surface area contributed by atoms with Crippen molar-refractivity contribution in [1.82, 2.24) is 24.9 Å². The van der Waals surface area contributed by atoms with E-state index in [1.165, 1.54) is 17.8 Å². The molecule has 0 fully saturated rings. The second kappa shape index (κ2) is 4.88. The van der Waals surface area contributed by atoms with E-state index < -0.39 is 11.9 Å². The van der Waals surface area contributed by atoms with E-state index in [1.807, 2.05) is 0 Å². The number of anilines is 1. The first-order chi connectivity index (χ1) is 9.08. The Morgan fingerprint density at radius 2 is 2.26 bits per heavy atom. The predicted octanol–water partition coefficient (Wildman–Crippen LogP) is -0.757. The van der Waals surface area contributed by atoms with Gasteiger partial charge < -0.3 is 15.8 Å². The molecule has 9 heteroatoms. The first-order valence-electron chi connectivity index (χ1n) is 5.49. The molecule has 0 bridgehead atoms. The number of ether oxygens (including phenoxy) is 1. The monoisotopic (exact) mass is 264 g/mol. The van der Waals surface area contributed by atoms with Crippen molar-refractivity contribution in [1.29, 1.82) is 0 Å². The van der Waals surface area contributed by atoms with Gasteiger partial charge in [-0.1, -0.05) is 0 Å². The Morgan fingerprint density at radius 1 is 1.53 bits per heavy atom. The van der Waals surface area contributed by atoms with E-state index in [1.54, 1.807) is 6.92 Å². The molecule has 2 aromatic heterocycles. The van der Waals surface area contributed by atoms with Crippen LogP contribution in [-0.4, -0.2) is 45.1 Å². The Balaban J connectivity index is 2.54. The van der Waals surface area contributed by atoms with E-state index in [2.05, 4.69) is 20.4 Å². The fourth-order valence-corrected chi connectivity index (χ4v) is 1.47. The molecule has 0 unspecified atom stereocenters. The molecular weight excluding hydrogens is 252 g/mol. The van der Waals surface area contributed by atoms with E-state index in [9.17, 15) is 9.59 Å². The molecule has 0 aliphatic rings. The largest absolute Gasteiger partial charge is 0.461 e. The summed E-state index contributed by atoms with van der Waals surface area (Å²) in [5.41, 5.74) is 5.94. The van der Waals surface area contributed by atoms with E-state index in [-0.39, 0.29) is 29.6 Å². The van der Waals surface area contributed by atoms with Gasteiger partial charge in [-0.2, -0.15) is 4.52 Å². The highest BCUT2D eigenvalue weighted by Gasteiger charge is 2.20. The zero-order chi connectivity index (χ0) is 14.0. The fraction of sp³-hybridized carbons (Fsp3) is 0.300. The average Bonchev–Trinajstić information content (AvgIpc) is 2.75. The average molecular weight is 264 g/mol. The van der Waals surface area contributed by atoms with Gasteiger partial charge in [0, 0.05) is 7.05 Å². The van der Waals surface area contributed by atoms with Crippen LogP contribution < -0.4 is 11.1 Å². The highest BCUT2D eigenvalue weighted by atomic mass is 16.5. The van der Waals surface area contributed by atoms with Crippen LogP contribution in [0.1, 0.15) is 28.0 Å². The number of carbonyl (C=O) groups is 2. The first-order valence-corrected chi connectivity index (χ1v) is 5.49. The Kier molecular flexibility index (Phi) is 3.27. The number of aromatic nitrogens is 4. The highest BCUT2D eigenvalue weighted by Crippen LogP contribution is 2.13. The molecule has 2 aromatic rings. The zero-order valence-corrected chi connectivity index (χ0v) is 10.4. The summed E-state index contributed by atoms with van der Waals surface area (Å²) >= 11 is 0. The van der Waals surface area contributed by atoms with Crippen LogP contribution in [0, 0.1) is 0 Å². The normalized spacial score (nSPS) is 10.4. The Bertz CT molecular complexity index is 650. The Morgan fingerprint density at radius 3 is 2.89 bits per heavy atom. The highest BCUT2D eigenvalue weighted by molar-refractivity contribution is 5.96. The van der Waals surface area contributed by atoms with Crippen LogP contribution in [0.15, 0.2) is 6.20 Å². The number of amides is 1. The number of carbonyl (C=O) groups excluding carboxylic acids is 2. The second-order valence-electron chi connectivity index (χ2n) is 3.50. The van der Waals surface area contributed by atoms with Gasteiger partial charge in [-0.05, 0) is 6.92 Å². The third-order valence-corrected chi connectivity index (χ3v) is 2.32. The predicted molar refractivity (Wildman–Crippen MR) is 64.5 cm³/mol. The maximum Gasteiger partial charge on any atom is 0.359 e. The molecule has 0 spiro atoms. The summed E-state index contributed by atoms with van der Waals surface area (Å²) < 4.78 is 6.01. The van der Waals surface area contributed by atoms with E-state index >= 15 is 0 Å². The third-order valence-electron chi connectivity index (χ3n) is 2.32. The minimum Gasteiger partial charge on any atom is -0.461 e. The van der Waals surface area contributed by atoms with Crippen LogP contribution in [0.4, 0.5) is 5.95 Å². The van der Waals surface area contributed by atoms with Gasteiger partial charge in [0.05, 0.1) is 12.8 Å². The molecule has 0 aromatic carbocycles. The SMILES string of the molecule is CCOC(=O)c1nc(N)n2nc(C(=O)NC)ncc12. The summed E-state index contributed by atoms with van der Waals surface area (Å²) in [6.45, 7) is 1.90. The molecule has 0 saturated heterocycles. The molecule has 0 aliphatic carbocycles. The lowest BCUT2D eigenvalue weighted by atomic mass is 10.4. The van der Waals surface area contributed by atoms with Gasteiger partial charge in [-0.15, -0.1) is 5.10 Å². The van der Waals surface area contributed by atoms with Crippen LogP contribution >= 0.6 is 0 Å². The lowest BCUT2D eigenvalue weighted by molar-refractivity contribution is 0.0522. The van der Waals surface area contributed by atoms with Gasteiger partial charge >= 0.3 is 5.97 Å². The van der Waals surface area contributed by atoms with Crippen LogP contribution in [0.5, 0.6) is 0 Å². The minimum absolute atomic E-state index is 0.0165. The molecule has 0 saturated carbocycles. The first kappa shape index (κ1) is 12.7. The summed E-state index contributed by atoms with van der Waals surface area (Å²) in [4.78, 5) is 30.8. The molecule has 19 heavy (non-hydrogen) atoms. The molecule has 0 atom stereocenters. The fourth-order valence-electron chi connectivity index (χ4n) is 1.47. The molecular formula is C10H12N6O3. The number of hydrogen-bond acceptors (Lipinski definition) is 7. The van der Waals surface area contributed by atoms with Crippen molar-refractivity contribution in [2.75, 3.05) is 19.4 Å². The lowest BCUT2D eigenvalue weighted by Crippen LogP contribution is -2.22. The number of esters is 1. The van der Waals surface area contributed by atoms with Crippen molar-refractivity contribution in [3.05, 3.63) is 17.7 Å². The summed E-state index contributed by atoms with van der Waals surface area (Å²) in [6.07, 6.45) is 1.30. The van der Waals surface area contributed by atoms with Crippen LogP contribution in [0.2, 0.25) is 0 Å². The zero-order valence-electron chi connectivity index (χ0n) is 10.4. The second-order valence-corrected chi connectivity index (χ2v) is 3.50. The Labute approximate surface area is 107 Å². The number of nitrogens with one attached hydrogen (secondary N) is 1. The quantitative estimate of drug-likeness (QED) is 0.698. The van der Waals surface area contributed by atoms with Crippen LogP contribution in [0.25, 0.3) is 5.52 Å². The minimum atomic E-state index is -0.618. The van der Waals surface area contributed by atoms with Gasteiger partial charge in [-0.25, -0.2) is 14.8 Å². The summed E-state index contributed by atoms with van der Waals surface area (Å²) in [7, 11) is 1.46. The van der Waals surface area contributed by atoms with Gasteiger partial charge in [0.15, 0.2) is 5.69 Å². The summed E-state index contributed by atoms with van der Waals surface area (Å²) in [5, 5.41) is 6.29. The number of nitrogen functional groups attached to an aromatic ring is 1. The molecule has 0 radical (unpaired) electrons. The number of fused-ring (bicyclic) bond motifs is 1. The summed E-state index contributed by atoms with van der Waals surface area (Å²) in [5.74, 6) is -1.18. The smallest absolute Gasteiger partial charge is 0.359 e. The number of nitrogens with zero attached hydrogens (tertiary/aromatic N) is 4. The summed E-state index contributed by atoms with van der Waals surface area (Å²) in [6, 6.07) is 0. The molecule has 1 amide bonds. The maximum atomic E-state index is 11.7. The van der Waals surface area contributed by atoms with Crippen LogP contribution in [-0.2, 0) is 4.74 Å². The molecule has 100 valence electrons. The van der Waals surface area contributed by atoms with E-state index in [4.69, 9.17) is 10.5 Å². The third kappa shape index (κ3) is 2.17. The van der Waals surface area contributed by atoms with Crippen molar-refractivity contribution < 1.29 is 14.3 Å². The van der Waals surface area contributed by atoms with Gasteiger partial charge in [0.25, 0.3) is 5.91 Å². The molecule has 2 heterocycles. The van der Waals surface area contributed by atoms with Crippen molar-refractivity contribution in [3.8, 4) is 0 Å². The number of rotatable bonds is 3. The van der Waals surface area contributed by atoms with E-state index in [0.29, 0.717) is 0 Å². The molecule has 3 N–H and O–H groups in total. The number of hydrogen-bond donors (Lipinski definition) is 2. The van der Waals surface area contributed by atoms with E-state index in [0.717, 1.165) is 0 Å². The molecule has 2 rings (SSSR count). The van der Waals surface area contributed by atoms with Crippen molar-refractivity contribution in [2.45, 2.75) is 6.92 Å². The van der Waals surface area contributed by atoms with Crippen LogP contribution in [0.3, 0.4) is 0 Å². The van der Waals surface area contributed by atoms with Gasteiger partial charge in [-0.3, -0.25) is 4.79 Å². The molecule has 9 nitrogen and oxygen atoms in total. The number of nitrogens with two attached hydrogens (primary N) is 1. The maximum absolute atomic E-state index is 11.7. The van der Waals surface area contributed by atoms with Gasteiger partial charge in [0.2, 0.25) is 11.8 Å². The van der Waals surface area contributed by atoms with Gasteiger partial charge in [0.1, 0.15) is 5.52 Å². The van der Waals surface area contributed by atoms with Crippen molar-refractivity contribution in [2.24, 2.45) is 0 Å². The van der Waals surface area contributed by atoms with Crippen molar-refractivity contribution >= 4 is 23.3 Å². The Hall–Kier alpha value is -2.71.